The molecule has 0 saturated carbocycles. The van der Waals surface area contributed by atoms with E-state index in [4.69, 9.17) is 5.11 Å². The molecule has 0 heterocycles. The lowest BCUT2D eigenvalue weighted by molar-refractivity contribution is -0.142. The fourth-order valence-electron chi connectivity index (χ4n) is 0.263. The van der Waals surface area contributed by atoms with E-state index in [0.29, 0.717) is 0 Å². The van der Waals surface area contributed by atoms with Crippen LogP contribution in [-0.4, -0.2) is 26.9 Å². The molecule has 0 aliphatic heterocycles. The van der Waals surface area contributed by atoms with E-state index < -0.39 is 21.8 Å². The lowest BCUT2D eigenvalue weighted by Gasteiger charge is -2.01. The van der Waals surface area contributed by atoms with E-state index in [-0.39, 0.29) is 0 Å². The van der Waals surface area contributed by atoms with Gasteiger partial charge in [-0.25, -0.2) is 0 Å². The molecule has 3 nitrogen and oxygen atoms in total. The van der Waals surface area contributed by atoms with Crippen LogP contribution in [0.2, 0.25) is 6.55 Å². The summed E-state index contributed by atoms with van der Waals surface area (Å²) in [7, 11) is -0.686. The lowest BCUT2D eigenvalue weighted by Crippen LogP contribution is -2.19. The summed E-state index contributed by atoms with van der Waals surface area (Å²) in [5.41, 5.74) is 0. The van der Waals surface area contributed by atoms with E-state index >= 15 is 0 Å². The number of hydrogen-bond donors (Lipinski definition) is 1. The Kier molecular flexibility index (Phi) is 3.46. The van der Waals surface area contributed by atoms with Gasteiger partial charge in [0.2, 0.25) is 9.76 Å². The van der Waals surface area contributed by atoms with Gasteiger partial charge in [0, 0.05) is 0 Å². The van der Waals surface area contributed by atoms with Crippen molar-refractivity contribution in [2.24, 2.45) is 0 Å². The molecule has 0 aliphatic carbocycles. The van der Waals surface area contributed by atoms with Gasteiger partial charge in [-0.15, -0.1) is 0 Å². The molecular formula is C4H10O3Si. The van der Waals surface area contributed by atoms with Gasteiger partial charge >= 0.3 is 5.97 Å². The van der Waals surface area contributed by atoms with Crippen LogP contribution in [0.15, 0.2) is 0 Å². The molecule has 8 heavy (non-hydrogen) atoms. The molecule has 0 radical (unpaired) electrons. The maximum absolute atomic E-state index is 10.3. The van der Waals surface area contributed by atoms with Crippen LogP contribution < -0.4 is 0 Å². The van der Waals surface area contributed by atoms with Crippen LogP contribution in [-0.2, 0) is 9.22 Å². The summed E-state index contributed by atoms with van der Waals surface area (Å²) in [4.78, 5) is 10.3. The smallest absolute Gasteiger partial charge is 0.320 e. The highest BCUT2D eigenvalue weighted by atomic mass is 28.2. The summed E-state index contributed by atoms with van der Waals surface area (Å²) in [6.07, 6.45) is -0.956. The minimum Gasteiger partial charge on any atom is -0.523 e. The normalized spacial score (nSPS) is 14.4. The maximum atomic E-state index is 10.3. The first kappa shape index (κ1) is 7.65. The third-order valence-corrected chi connectivity index (χ3v) is 1.20. The fraction of sp³-hybridized carbons (Fsp3) is 0.750. The van der Waals surface area contributed by atoms with Crippen molar-refractivity contribution >= 4 is 15.7 Å². The Hall–Kier alpha value is -0.353. The summed E-state index contributed by atoms with van der Waals surface area (Å²) in [6, 6.07) is 0. The van der Waals surface area contributed by atoms with Crippen molar-refractivity contribution in [3.63, 3.8) is 0 Å². The van der Waals surface area contributed by atoms with Crippen LogP contribution in [0.5, 0.6) is 0 Å². The van der Waals surface area contributed by atoms with E-state index in [1.54, 1.807) is 0 Å². The molecule has 4 heteroatoms. The Morgan fingerprint density at radius 1 is 1.88 bits per heavy atom. The highest BCUT2D eigenvalue weighted by Crippen LogP contribution is 1.82. The Bertz CT molecular complexity index is 81.4. The van der Waals surface area contributed by atoms with Crippen molar-refractivity contribution in [3.05, 3.63) is 0 Å². The van der Waals surface area contributed by atoms with Gasteiger partial charge in [-0.05, 0) is 13.5 Å². The Morgan fingerprint density at radius 2 is 2.38 bits per heavy atom. The van der Waals surface area contributed by atoms with Gasteiger partial charge in [-0.1, -0.05) is 0 Å². The SMILES string of the molecule is C[SiH2]OC(=O)C(C)O. The molecule has 0 fully saturated rings. The second kappa shape index (κ2) is 3.62. The van der Waals surface area contributed by atoms with Gasteiger partial charge in [0.15, 0.2) is 0 Å². The molecule has 0 aliphatic rings. The van der Waals surface area contributed by atoms with Crippen LogP contribution in [0.25, 0.3) is 0 Å². The molecule has 1 atom stereocenters. The monoisotopic (exact) mass is 134 g/mol. The molecule has 0 spiro atoms. The predicted molar refractivity (Wildman–Crippen MR) is 32.2 cm³/mol. The van der Waals surface area contributed by atoms with E-state index in [9.17, 15) is 4.79 Å². The first-order chi connectivity index (χ1) is 3.68. The number of carbonyl (C=O) groups is 1. The minimum absolute atomic E-state index is 0.501. The van der Waals surface area contributed by atoms with Crippen molar-refractivity contribution in [2.75, 3.05) is 0 Å². The molecule has 0 aromatic carbocycles. The molecule has 0 aromatic rings. The standard InChI is InChI=1S/C4H10O3Si/c1-3(5)4(6)7-8-2/h3,5H,8H2,1-2H3. The zero-order valence-electron chi connectivity index (χ0n) is 5.05. The maximum Gasteiger partial charge on any atom is 0.320 e. The van der Waals surface area contributed by atoms with Crippen molar-refractivity contribution in [1.82, 2.24) is 0 Å². The van der Waals surface area contributed by atoms with Crippen LogP contribution in [0.4, 0.5) is 0 Å². The first-order valence-corrected chi connectivity index (χ1v) is 4.52. The summed E-state index contributed by atoms with van der Waals surface area (Å²) < 4.78 is 4.55. The van der Waals surface area contributed by atoms with Crippen LogP contribution in [0.3, 0.4) is 0 Å². The molecule has 0 aromatic heterocycles. The molecule has 0 bridgehead atoms. The average molecular weight is 134 g/mol. The molecule has 0 amide bonds. The predicted octanol–water partition coefficient (Wildman–Crippen LogP) is -0.958. The Labute approximate surface area is 50.6 Å². The zero-order valence-corrected chi connectivity index (χ0v) is 6.46. The topological polar surface area (TPSA) is 46.5 Å². The van der Waals surface area contributed by atoms with Crippen LogP contribution in [0.1, 0.15) is 6.92 Å². The number of carbonyl (C=O) groups excluding carboxylic acids is 1. The van der Waals surface area contributed by atoms with Gasteiger partial charge in [0.05, 0.1) is 0 Å². The minimum atomic E-state index is -0.956. The van der Waals surface area contributed by atoms with E-state index in [1.165, 1.54) is 6.92 Å². The Balaban J connectivity index is 3.33. The van der Waals surface area contributed by atoms with E-state index in [0.717, 1.165) is 0 Å². The molecule has 0 saturated heterocycles. The summed E-state index contributed by atoms with van der Waals surface area (Å²) >= 11 is 0. The third-order valence-electron chi connectivity index (χ3n) is 0.628. The fourth-order valence-corrected chi connectivity index (χ4v) is 0.789. The van der Waals surface area contributed by atoms with Crippen LogP contribution in [0, 0.1) is 0 Å². The first-order valence-electron chi connectivity index (χ1n) is 2.53. The van der Waals surface area contributed by atoms with Crippen molar-refractivity contribution in [1.29, 1.82) is 0 Å². The lowest BCUT2D eigenvalue weighted by atomic mass is 10.4. The number of hydrogen-bond acceptors (Lipinski definition) is 3. The summed E-state index contributed by atoms with van der Waals surface area (Å²) in [5, 5.41) is 8.50. The largest absolute Gasteiger partial charge is 0.523 e. The highest BCUT2D eigenvalue weighted by molar-refractivity contribution is 6.28. The second-order valence-corrected chi connectivity index (χ2v) is 2.29. The quantitative estimate of drug-likeness (QED) is 0.495. The van der Waals surface area contributed by atoms with E-state index in [2.05, 4.69) is 4.43 Å². The van der Waals surface area contributed by atoms with Crippen molar-refractivity contribution in [2.45, 2.75) is 19.6 Å². The van der Waals surface area contributed by atoms with Crippen molar-refractivity contribution < 1.29 is 14.3 Å². The van der Waals surface area contributed by atoms with Crippen molar-refractivity contribution in [3.8, 4) is 0 Å². The Morgan fingerprint density at radius 3 is 2.50 bits per heavy atom. The van der Waals surface area contributed by atoms with Gasteiger partial charge < -0.3 is 9.53 Å². The highest BCUT2D eigenvalue weighted by Gasteiger charge is 2.06. The van der Waals surface area contributed by atoms with Gasteiger partial charge in [-0.2, -0.15) is 0 Å². The number of rotatable bonds is 2. The number of aliphatic hydroxyl groups excluding tert-OH is 1. The van der Waals surface area contributed by atoms with Gasteiger partial charge in [0.25, 0.3) is 0 Å². The summed E-state index contributed by atoms with van der Waals surface area (Å²) in [6.45, 7) is 3.23. The molecule has 1 N–H and O–H groups in total. The molecular weight excluding hydrogens is 124 g/mol. The van der Waals surface area contributed by atoms with Gasteiger partial charge in [-0.3, -0.25) is 4.79 Å². The molecule has 48 valence electrons. The average Bonchev–Trinajstić information content (AvgIpc) is 1.67. The molecule has 1 unspecified atom stereocenters. The van der Waals surface area contributed by atoms with E-state index in [1.807, 2.05) is 6.55 Å². The zero-order chi connectivity index (χ0) is 6.57. The van der Waals surface area contributed by atoms with Gasteiger partial charge in [0.1, 0.15) is 6.10 Å². The summed E-state index contributed by atoms with van der Waals surface area (Å²) in [5.74, 6) is -0.501. The molecule has 0 rings (SSSR count). The third kappa shape index (κ3) is 2.76. The number of aliphatic hydroxyl groups is 1. The van der Waals surface area contributed by atoms with Crippen LogP contribution >= 0.6 is 0 Å². The second-order valence-electron chi connectivity index (χ2n) is 1.43.